The number of nitrogens with zero attached hydrogens (tertiary/aromatic N) is 4. The highest BCUT2D eigenvalue weighted by atomic mass is 35.5. The molecule has 3 aromatic rings. The third-order valence-corrected chi connectivity index (χ3v) is 5.68. The molecule has 0 amide bonds. The minimum absolute atomic E-state index is 0.0774. The molecule has 0 bridgehead atoms. The fourth-order valence-corrected chi connectivity index (χ4v) is 3.95. The number of rotatable bonds is 5. The van der Waals surface area contributed by atoms with Crippen molar-refractivity contribution < 1.29 is 0 Å². The molecule has 1 aromatic carbocycles. The van der Waals surface area contributed by atoms with Gasteiger partial charge in [0.25, 0.3) is 5.56 Å². The maximum Gasteiger partial charge on any atom is 0.256 e. The molecule has 146 valence electrons. The summed E-state index contributed by atoms with van der Waals surface area (Å²) >= 11 is 6.13. The number of hydrogen-bond donors (Lipinski definition) is 0. The fraction of sp³-hybridized carbons (Fsp3) is 0.364. The molecule has 0 spiro atoms. The van der Waals surface area contributed by atoms with Crippen molar-refractivity contribution in [3.8, 4) is 12.3 Å². The van der Waals surface area contributed by atoms with E-state index in [9.17, 15) is 4.79 Å². The first kappa shape index (κ1) is 20.2. The quantitative estimate of drug-likeness (QED) is 0.615. The summed E-state index contributed by atoms with van der Waals surface area (Å²) in [7, 11) is 3.97. The first-order chi connectivity index (χ1) is 13.2. The van der Waals surface area contributed by atoms with Crippen LogP contribution in [0.3, 0.4) is 0 Å². The summed E-state index contributed by atoms with van der Waals surface area (Å²) in [6.07, 6.45) is 5.51. The molecule has 2 aromatic heterocycles. The Morgan fingerprint density at radius 1 is 1.32 bits per heavy atom. The summed E-state index contributed by atoms with van der Waals surface area (Å²) in [5.74, 6) is 2.58. The van der Waals surface area contributed by atoms with E-state index in [1.54, 1.807) is 10.6 Å². The molecule has 2 heterocycles. The number of terminal acetylenes is 1. The van der Waals surface area contributed by atoms with Gasteiger partial charge in [0, 0.05) is 41.5 Å². The number of aryl methyl sites for hydroxylation is 2. The third kappa shape index (κ3) is 3.58. The lowest BCUT2D eigenvalue weighted by Crippen LogP contribution is -2.30. The van der Waals surface area contributed by atoms with E-state index in [1.807, 2.05) is 43.9 Å². The summed E-state index contributed by atoms with van der Waals surface area (Å²) in [5.41, 5.74) is 4.73. The van der Waals surface area contributed by atoms with Crippen molar-refractivity contribution in [1.82, 2.24) is 19.2 Å². The molecule has 3 rings (SSSR count). The van der Waals surface area contributed by atoms with Crippen molar-refractivity contribution in [1.29, 1.82) is 0 Å². The molecule has 1 atom stereocenters. The van der Waals surface area contributed by atoms with Crippen LogP contribution in [-0.2, 0) is 20.1 Å². The molecule has 0 aliphatic rings. The highest BCUT2D eigenvalue weighted by molar-refractivity contribution is 6.31. The number of fused-ring (bicyclic) bond motifs is 1. The Kier molecular flexibility index (Phi) is 5.64. The van der Waals surface area contributed by atoms with Crippen LogP contribution in [0.5, 0.6) is 0 Å². The molecule has 5 nitrogen and oxygen atoms in total. The van der Waals surface area contributed by atoms with Crippen molar-refractivity contribution in [2.24, 2.45) is 7.05 Å². The summed E-state index contributed by atoms with van der Waals surface area (Å²) in [6, 6.07) is 7.59. The van der Waals surface area contributed by atoms with Crippen molar-refractivity contribution in [3.63, 3.8) is 0 Å². The predicted molar refractivity (Wildman–Crippen MR) is 115 cm³/mol. The molecular formula is C22H25ClN4O. The van der Waals surface area contributed by atoms with Gasteiger partial charge in [0.2, 0.25) is 0 Å². The Morgan fingerprint density at radius 3 is 2.64 bits per heavy atom. The second-order valence-corrected chi connectivity index (χ2v) is 7.70. The highest BCUT2D eigenvalue weighted by Gasteiger charge is 2.21. The second-order valence-electron chi connectivity index (χ2n) is 7.27. The van der Waals surface area contributed by atoms with Crippen molar-refractivity contribution in [2.75, 3.05) is 7.05 Å². The molecule has 0 aliphatic heterocycles. The largest absolute Gasteiger partial charge is 0.296 e. The first-order valence-corrected chi connectivity index (χ1v) is 9.58. The van der Waals surface area contributed by atoms with Gasteiger partial charge in [0.1, 0.15) is 0 Å². The fourth-order valence-electron chi connectivity index (χ4n) is 3.79. The number of pyridine rings is 1. The second kappa shape index (κ2) is 7.83. The third-order valence-electron chi connectivity index (χ3n) is 5.45. The van der Waals surface area contributed by atoms with E-state index in [4.69, 9.17) is 18.0 Å². The molecule has 0 radical (unpaired) electrons. The van der Waals surface area contributed by atoms with Crippen LogP contribution in [-0.4, -0.2) is 26.3 Å². The van der Waals surface area contributed by atoms with Gasteiger partial charge in [0.05, 0.1) is 17.8 Å². The minimum Gasteiger partial charge on any atom is -0.296 e. The van der Waals surface area contributed by atoms with Crippen LogP contribution in [0.2, 0.25) is 5.02 Å². The summed E-state index contributed by atoms with van der Waals surface area (Å²) < 4.78 is 3.52. The molecule has 0 saturated carbocycles. The zero-order valence-electron chi connectivity index (χ0n) is 17.0. The zero-order chi connectivity index (χ0) is 20.6. The van der Waals surface area contributed by atoms with Gasteiger partial charge in [-0.3, -0.25) is 18.9 Å². The molecule has 6 heteroatoms. The van der Waals surface area contributed by atoms with Gasteiger partial charge in [-0.15, -0.1) is 6.42 Å². The number of halogens is 1. The lowest BCUT2D eigenvalue weighted by atomic mass is 10.0. The average molecular weight is 397 g/mol. The zero-order valence-corrected chi connectivity index (χ0v) is 17.7. The van der Waals surface area contributed by atoms with Crippen molar-refractivity contribution in [3.05, 3.63) is 62.2 Å². The first-order valence-electron chi connectivity index (χ1n) is 9.20. The van der Waals surface area contributed by atoms with Gasteiger partial charge in [-0.2, -0.15) is 5.10 Å². The number of hydrogen-bond acceptors (Lipinski definition) is 3. The van der Waals surface area contributed by atoms with Gasteiger partial charge >= 0.3 is 0 Å². The molecular weight excluding hydrogens is 372 g/mol. The van der Waals surface area contributed by atoms with E-state index < -0.39 is 0 Å². The van der Waals surface area contributed by atoms with Crippen molar-refractivity contribution >= 4 is 22.5 Å². The van der Waals surface area contributed by atoms with Gasteiger partial charge in [-0.05, 0) is 51.4 Å². The number of aromatic nitrogens is 3. The molecule has 0 saturated heterocycles. The average Bonchev–Trinajstić information content (AvgIpc) is 2.90. The highest BCUT2D eigenvalue weighted by Crippen LogP contribution is 2.27. The van der Waals surface area contributed by atoms with Crippen LogP contribution in [0, 0.1) is 26.2 Å². The van der Waals surface area contributed by atoms with Crippen LogP contribution in [0.15, 0.2) is 29.1 Å². The van der Waals surface area contributed by atoms with E-state index >= 15 is 0 Å². The molecule has 0 aliphatic carbocycles. The lowest BCUT2D eigenvalue weighted by Gasteiger charge is -2.25. The Balaban J connectivity index is 2.02. The maximum absolute atomic E-state index is 13.1. The van der Waals surface area contributed by atoms with Gasteiger partial charge < -0.3 is 0 Å². The standard InChI is InChI=1S/C22H25ClN4O/c1-7-10-27-20-12-19(23)9-8-17(20)11-18(22(27)28)13-25(5)15(3)21-14(2)24-26(6)16(21)4/h1,8-9,11-12,15H,10,13H2,2-6H3. The minimum atomic E-state index is -0.0774. The van der Waals surface area contributed by atoms with Crippen molar-refractivity contribution in [2.45, 2.75) is 39.9 Å². The Morgan fingerprint density at radius 2 is 2.04 bits per heavy atom. The Bertz CT molecular complexity index is 1140. The molecule has 28 heavy (non-hydrogen) atoms. The molecule has 0 fully saturated rings. The van der Waals surface area contributed by atoms with Crippen LogP contribution < -0.4 is 5.56 Å². The van der Waals surface area contributed by atoms with E-state index in [0.717, 1.165) is 22.3 Å². The number of benzene rings is 1. The van der Waals surface area contributed by atoms with Crippen LogP contribution in [0.4, 0.5) is 0 Å². The summed E-state index contributed by atoms with van der Waals surface area (Å²) in [5, 5.41) is 6.05. The lowest BCUT2D eigenvalue weighted by molar-refractivity contribution is 0.250. The normalized spacial score (nSPS) is 12.5. The van der Waals surface area contributed by atoms with Gasteiger partial charge in [0.15, 0.2) is 0 Å². The van der Waals surface area contributed by atoms with E-state index in [2.05, 4.69) is 29.8 Å². The van der Waals surface area contributed by atoms with E-state index in [1.165, 1.54) is 5.56 Å². The predicted octanol–water partition coefficient (Wildman–Crippen LogP) is 3.83. The molecule has 1 unspecified atom stereocenters. The van der Waals surface area contributed by atoms with E-state index in [-0.39, 0.29) is 18.1 Å². The smallest absolute Gasteiger partial charge is 0.256 e. The van der Waals surface area contributed by atoms with Crippen LogP contribution in [0.1, 0.15) is 35.5 Å². The Labute approximate surface area is 170 Å². The topological polar surface area (TPSA) is 43.1 Å². The van der Waals surface area contributed by atoms with Gasteiger partial charge in [-0.1, -0.05) is 23.6 Å². The monoisotopic (exact) mass is 396 g/mol. The molecule has 0 N–H and O–H groups in total. The summed E-state index contributed by atoms with van der Waals surface area (Å²) in [4.78, 5) is 15.3. The Hall–Kier alpha value is -2.55. The van der Waals surface area contributed by atoms with Crippen LogP contribution >= 0.6 is 11.6 Å². The van der Waals surface area contributed by atoms with Crippen LogP contribution in [0.25, 0.3) is 10.9 Å². The summed E-state index contributed by atoms with van der Waals surface area (Å²) in [6.45, 7) is 6.95. The van der Waals surface area contributed by atoms with E-state index in [0.29, 0.717) is 17.1 Å². The van der Waals surface area contributed by atoms with Gasteiger partial charge in [-0.25, -0.2) is 0 Å². The SMILES string of the molecule is C#CCn1c(=O)c(CN(C)C(C)c2c(C)nn(C)c2C)cc2ccc(Cl)cc21. The maximum atomic E-state index is 13.1.